The molecule has 2 unspecified atom stereocenters. The summed E-state index contributed by atoms with van der Waals surface area (Å²) in [7, 11) is 1.52. The fourth-order valence-corrected chi connectivity index (χ4v) is 3.83. The van der Waals surface area contributed by atoms with Crippen molar-refractivity contribution in [3.05, 3.63) is 53.8 Å². The molecule has 0 radical (unpaired) electrons. The first kappa shape index (κ1) is 23.0. The maximum Gasteiger partial charge on any atom is 0.172 e. The first-order valence-corrected chi connectivity index (χ1v) is 10.6. The Balaban J connectivity index is 1.48. The molecule has 1 saturated heterocycles. The van der Waals surface area contributed by atoms with E-state index in [1.54, 1.807) is 30.3 Å². The van der Waals surface area contributed by atoms with Crippen molar-refractivity contribution in [2.45, 2.75) is 25.9 Å². The lowest BCUT2D eigenvalue weighted by atomic mass is 9.98. The Morgan fingerprint density at radius 1 is 1.23 bits per heavy atom. The molecule has 0 amide bonds. The van der Waals surface area contributed by atoms with Crippen LogP contribution < -0.4 is 14.2 Å². The molecule has 2 atom stereocenters. The van der Waals surface area contributed by atoms with E-state index < -0.39 is 6.10 Å². The molecule has 1 heterocycles. The third-order valence-corrected chi connectivity index (χ3v) is 5.37. The smallest absolute Gasteiger partial charge is 0.172 e. The first-order chi connectivity index (χ1) is 15.0. The van der Waals surface area contributed by atoms with Crippen molar-refractivity contribution < 1.29 is 28.5 Å². The average molecular weight is 432 g/mol. The number of carbonyl (C=O) groups is 1. The number of ketones is 1. The van der Waals surface area contributed by atoms with Gasteiger partial charge in [0.2, 0.25) is 0 Å². The number of β-amino-alcohol motifs (C(OH)–C–C–N with tert-alkyl or cyclic N) is 1. The van der Waals surface area contributed by atoms with E-state index in [9.17, 15) is 14.3 Å². The SMILES string of the molecule is COc1cccc(C(C)=O)c1OCC(O)CN1CCCC(COc2ccc(F)cc2)C1. The van der Waals surface area contributed by atoms with Crippen LogP contribution >= 0.6 is 0 Å². The number of likely N-dealkylation sites (tertiary alicyclic amines) is 1. The Labute approximate surface area is 182 Å². The molecule has 0 spiro atoms. The predicted molar refractivity (Wildman–Crippen MR) is 116 cm³/mol. The van der Waals surface area contributed by atoms with Gasteiger partial charge in [0.1, 0.15) is 24.3 Å². The molecule has 6 nitrogen and oxygen atoms in total. The summed E-state index contributed by atoms with van der Waals surface area (Å²) in [6, 6.07) is 11.2. The summed E-state index contributed by atoms with van der Waals surface area (Å²) in [5.41, 5.74) is 0.433. The number of nitrogens with zero attached hydrogens (tertiary/aromatic N) is 1. The van der Waals surface area contributed by atoms with E-state index in [1.165, 1.54) is 26.2 Å². The highest BCUT2D eigenvalue weighted by atomic mass is 19.1. The lowest BCUT2D eigenvalue weighted by molar-refractivity contribution is 0.0442. The molecular formula is C24H30FNO5. The maximum atomic E-state index is 13.0. The van der Waals surface area contributed by atoms with Gasteiger partial charge in [0, 0.05) is 19.0 Å². The zero-order valence-electron chi connectivity index (χ0n) is 18.1. The number of halogens is 1. The van der Waals surface area contributed by atoms with Gasteiger partial charge in [-0.15, -0.1) is 0 Å². The lowest BCUT2D eigenvalue weighted by Gasteiger charge is -2.33. The topological polar surface area (TPSA) is 68.2 Å². The van der Waals surface area contributed by atoms with Gasteiger partial charge in [0.15, 0.2) is 17.3 Å². The van der Waals surface area contributed by atoms with Crippen molar-refractivity contribution >= 4 is 5.78 Å². The molecule has 0 saturated carbocycles. The Bertz CT molecular complexity index is 858. The number of aliphatic hydroxyl groups is 1. The lowest BCUT2D eigenvalue weighted by Crippen LogP contribution is -2.43. The summed E-state index contributed by atoms with van der Waals surface area (Å²) in [6.07, 6.45) is 1.36. The van der Waals surface area contributed by atoms with E-state index in [2.05, 4.69) is 4.90 Å². The molecule has 7 heteroatoms. The Morgan fingerprint density at radius 2 is 2.00 bits per heavy atom. The monoisotopic (exact) mass is 431 g/mol. The molecule has 2 aromatic rings. The van der Waals surface area contributed by atoms with E-state index in [-0.39, 0.29) is 18.2 Å². The van der Waals surface area contributed by atoms with Crippen molar-refractivity contribution in [2.75, 3.05) is 40.0 Å². The molecule has 1 aliphatic rings. The standard InChI is InChI=1S/C24H30FNO5/c1-17(27)22-6-3-7-23(29-2)24(22)31-16-20(28)14-26-12-4-5-18(13-26)15-30-21-10-8-19(25)9-11-21/h3,6-11,18,20,28H,4-5,12-16H2,1-2H3. The van der Waals surface area contributed by atoms with Crippen LogP contribution in [0.15, 0.2) is 42.5 Å². The Kier molecular flexibility index (Phi) is 8.26. The van der Waals surface area contributed by atoms with E-state index in [4.69, 9.17) is 14.2 Å². The van der Waals surface area contributed by atoms with Gasteiger partial charge in [0.05, 0.1) is 19.3 Å². The summed E-state index contributed by atoms with van der Waals surface area (Å²) >= 11 is 0. The molecular weight excluding hydrogens is 401 g/mol. The van der Waals surface area contributed by atoms with E-state index in [1.807, 2.05) is 0 Å². The van der Waals surface area contributed by atoms with Crippen LogP contribution in [-0.2, 0) is 0 Å². The molecule has 0 aromatic heterocycles. The van der Waals surface area contributed by atoms with Crippen LogP contribution in [-0.4, -0.2) is 61.9 Å². The summed E-state index contributed by atoms with van der Waals surface area (Å²) < 4.78 is 29.9. The minimum absolute atomic E-state index is 0.0634. The third-order valence-electron chi connectivity index (χ3n) is 5.37. The normalized spacial score (nSPS) is 17.7. The van der Waals surface area contributed by atoms with Gasteiger partial charge in [0.25, 0.3) is 0 Å². The summed E-state index contributed by atoms with van der Waals surface area (Å²) in [5.74, 6) is 1.42. The second-order valence-corrected chi connectivity index (χ2v) is 7.89. The summed E-state index contributed by atoms with van der Waals surface area (Å²) in [5, 5.41) is 10.5. The van der Waals surface area contributed by atoms with Gasteiger partial charge in [-0.2, -0.15) is 0 Å². The molecule has 1 aliphatic heterocycles. The van der Waals surface area contributed by atoms with Gasteiger partial charge in [-0.05, 0) is 62.7 Å². The highest BCUT2D eigenvalue weighted by Crippen LogP contribution is 2.31. The van der Waals surface area contributed by atoms with Crippen molar-refractivity contribution in [1.29, 1.82) is 0 Å². The molecule has 0 aliphatic carbocycles. The van der Waals surface area contributed by atoms with E-state index >= 15 is 0 Å². The zero-order chi connectivity index (χ0) is 22.2. The summed E-state index contributed by atoms with van der Waals surface area (Å²) in [6.45, 7) is 4.27. The number of rotatable bonds is 10. The number of para-hydroxylation sites is 1. The highest BCUT2D eigenvalue weighted by Gasteiger charge is 2.23. The fourth-order valence-electron chi connectivity index (χ4n) is 3.83. The molecule has 3 rings (SSSR count). The molecule has 168 valence electrons. The van der Waals surface area contributed by atoms with Crippen molar-refractivity contribution in [2.24, 2.45) is 5.92 Å². The number of methoxy groups -OCH3 is 1. The van der Waals surface area contributed by atoms with Crippen LogP contribution in [0.3, 0.4) is 0 Å². The van der Waals surface area contributed by atoms with Crippen molar-refractivity contribution in [3.8, 4) is 17.2 Å². The quantitative estimate of drug-likeness (QED) is 0.580. The Hall–Kier alpha value is -2.64. The summed E-state index contributed by atoms with van der Waals surface area (Å²) in [4.78, 5) is 14.1. The van der Waals surface area contributed by atoms with Crippen LogP contribution in [0.1, 0.15) is 30.1 Å². The van der Waals surface area contributed by atoms with Gasteiger partial charge in [-0.1, -0.05) is 6.07 Å². The number of hydrogen-bond donors (Lipinski definition) is 1. The molecule has 1 N–H and O–H groups in total. The van der Waals surface area contributed by atoms with Crippen molar-refractivity contribution in [1.82, 2.24) is 4.90 Å². The number of aliphatic hydroxyl groups excluding tert-OH is 1. The van der Waals surface area contributed by atoms with Gasteiger partial charge in [-0.25, -0.2) is 4.39 Å². The van der Waals surface area contributed by atoms with Crippen molar-refractivity contribution in [3.63, 3.8) is 0 Å². The van der Waals surface area contributed by atoms with Gasteiger partial charge in [-0.3, -0.25) is 4.79 Å². The predicted octanol–water partition coefficient (Wildman–Crippen LogP) is 3.57. The number of Topliss-reactive ketones (excluding diaryl/α,β-unsaturated/α-hetero) is 1. The van der Waals surface area contributed by atoms with Gasteiger partial charge < -0.3 is 24.2 Å². The van der Waals surface area contributed by atoms with Crippen LogP contribution in [0.4, 0.5) is 4.39 Å². The van der Waals surface area contributed by atoms with Crippen LogP contribution in [0, 0.1) is 11.7 Å². The molecule has 2 aromatic carbocycles. The maximum absolute atomic E-state index is 13.0. The average Bonchev–Trinajstić information content (AvgIpc) is 2.77. The van der Waals surface area contributed by atoms with Crippen LogP contribution in [0.2, 0.25) is 0 Å². The molecule has 0 bridgehead atoms. The fraction of sp³-hybridized carbons (Fsp3) is 0.458. The van der Waals surface area contributed by atoms with Gasteiger partial charge >= 0.3 is 0 Å². The largest absolute Gasteiger partial charge is 0.493 e. The second kappa shape index (κ2) is 11.1. The molecule has 1 fully saturated rings. The first-order valence-electron chi connectivity index (χ1n) is 10.6. The highest BCUT2D eigenvalue weighted by molar-refractivity contribution is 5.97. The van der Waals surface area contributed by atoms with E-state index in [0.29, 0.717) is 41.9 Å². The zero-order valence-corrected chi connectivity index (χ0v) is 18.1. The minimum atomic E-state index is -0.707. The number of ether oxygens (including phenoxy) is 3. The van der Waals surface area contributed by atoms with Crippen LogP contribution in [0.25, 0.3) is 0 Å². The number of benzene rings is 2. The van der Waals surface area contributed by atoms with E-state index in [0.717, 1.165) is 25.9 Å². The Morgan fingerprint density at radius 3 is 2.71 bits per heavy atom. The third kappa shape index (κ3) is 6.67. The molecule has 31 heavy (non-hydrogen) atoms. The van der Waals surface area contributed by atoms with Crippen LogP contribution in [0.5, 0.6) is 17.2 Å². The second-order valence-electron chi connectivity index (χ2n) is 7.89. The number of piperidine rings is 1. The number of carbonyl (C=O) groups excluding carboxylic acids is 1. The minimum Gasteiger partial charge on any atom is -0.493 e. The number of hydrogen-bond acceptors (Lipinski definition) is 6.